The predicted molar refractivity (Wildman–Crippen MR) is 106 cm³/mol. The molecule has 2 aliphatic rings. The Labute approximate surface area is 167 Å². The summed E-state index contributed by atoms with van der Waals surface area (Å²) in [6, 6.07) is 0. The molecule has 1 amide bonds. The van der Waals surface area contributed by atoms with Gasteiger partial charge in [-0.15, -0.1) is 0 Å². The summed E-state index contributed by atoms with van der Waals surface area (Å²) >= 11 is 0. The minimum absolute atomic E-state index is 0.278. The molecule has 1 aromatic heterocycles. The highest BCUT2D eigenvalue weighted by Crippen LogP contribution is 2.37. The molecule has 156 valence electrons. The van der Waals surface area contributed by atoms with E-state index in [2.05, 4.69) is 14.9 Å². The van der Waals surface area contributed by atoms with E-state index >= 15 is 0 Å². The zero-order valence-corrected chi connectivity index (χ0v) is 17.8. The van der Waals surface area contributed by atoms with Gasteiger partial charge in [-0.1, -0.05) is 13.8 Å². The van der Waals surface area contributed by atoms with Crippen LogP contribution >= 0.6 is 0 Å². The Morgan fingerprint density at radius 3 is 2.32 bits per heavy atom. The van der Waals surface area contributed by atoms with Crippen LogP contribution < -0.4 is 4.90 Å². The standard InChI is InChI=1S/C18H26N4O4.C2H6/c1-12(23)25-14-6-5-13-15(14)19-11-20-16(13)21-7-9-22(10-8-21)17(24)26-18(2,3)4;1-2/h11,14H,5-10H2,1-4H3;1-2H3. The maximum Gasteiger partial charge on any atom is 0.410 e. The third-order valence-electron chi connectivity index (χ3n) is 4.46. The van der Waals surface area contributed by atoms with E-state index in [1.165, 1.54) is 13.3 Å². The zero-order chi connectivity index (χ0) is 20.9. The number of nitrogens with zero attached hydrogens (tertiary/aromatic N) is 4. The van der Waals surface area contributed by atoms with Gasteiger partial charge in [0, 0.05) is 38.7 Å². The van der Waals surface area contributed by atoms with Gasteiger partial charge in [0.25, 0.3) is 0 Å². The molecule has 0 N–H and O–H groups in total. The number of fused-ring (bicyclic) bond motifs is 1. The first-order chi connectivity index (χ1) is 13.2. The van der Waals surface area contributed by atoms with Crippen LogP contribution in [-0.2, 0) is 20.7 Å². The molecule has 8 nitrogen and oxygen atoms in total. The number of anilines is 1. The van der Waals surface area contributed by atoms with E-state index in [4.69, 9.17) is 9.47 Å². The van der Waals surface area contributed by atoms with Gasteiger partial charge in [-0.3, -0.25) is 4.79 Å². The average Bonchev–Trinajstić information content (AvgIpc) is 3.04. The van der Waals surface area contributed by atoms with Crippen LogP contribution in [0.2, 0.25) is 0 Å². The topological polar surface area (TPSA) is 84.9 Å². The molecular weight excluding hydrogens is 360 g/mol. The second-order valence-electron chi connectivity index (χ2n) is 7.65. The molecule has 1 unspecified atom stereocenters. The van der Waals surface area contributed by atoms with Crippen LogP contribution in [0.15, 0.2) is 6.33 Å². The van der Waals surface area contributed by atoms with Crippen LogP contribution in [0.3, 0.4) is 0 Å². The summed E-state index contributed by atoms with van der Waals surface area (Å²) in [6.07, 6.45) is 2.48. The van der Waals surface area contributed by atoms with E-state index in [0.29, 0.717) is 26.2 Å². The van der Waals surface area contributed by atoms with Gasteiger partial charge >= 0.3 is 12.1 Å². The van der Waals surface area contributed by atoms with Crippen LogP contribution in [0.4, 0.5) is 10.6 Å². The normalized spacial score (nSPS) is 18.7. The van der Waals surface area contributed by atoms with Gasteiger partial charge in [0.15, 0.2) is 0 Å². The number of aromatic nitrogens is 2. The van der Waals surface area contributed by atoms with Crippen molar-refractivity contribution in [3.8, 4) is 0 Å². The minimum atomic E-state index is -0.493. The number of hydrogen-bond acceptors (Lipinski definition) is 7. The molecule has 2 heterocycles. The number of carbonyl (C=O) groups excluding carboxylic acids is 2. The van der Waals surface area contributed by atoms with E-state index in [9.17, 15) is 9.59 Å². The fourth-order valence-electron chi connectivity index (χ4n) is 3.36. The highest BCUT2D eigenvalue weighted by atomic mass is 16.6. The second-order valence-corrected chi connectivity index (χ2v) is 7.65. The van der Waals surface area contributed by atoms with Crippen molar-refractivity contribution in [3.63, 3.8) is 0 Å². The molecule has 0 saturated carbocycles. The van der Waals surface area contributed by atoms with E-state index in [-0.39, 0.29) is 18.2 Å². The molecule has 3 rings (SSSR count). The lowest BCUT2D eigenvalue weighted by molar-refractivity contribution is -0.146. The minimum Gasteiger partial charge on any atom is -0.456 e. The highest BCUT2D eigenvalue weighted by Gasteiger charge is 2.32. The van der Waals surface area contributed by atoms with Crippen molar-refractivity contribution < 1.29 is 19.1 Å². The van der Waals surface area contributed by atoms with Crippen LogP contribution in [0, 0.1) is 0 Å². The molecule has 1 fully saturated rings. The van der Waals surface area contributed by atoms with E-state index < -0.39 is 5.60 Å². The summed E-state index contributed by atoms with van der Waals surface area (Å²) in [5.74, 6) is 0.586. The van der Waals surface area contributed by atoms with Crippen LogP contribution in [0.25, 0.3) is 0 Å². The Hall–Kier alpha value is -2.38. The lowest BCUT2D eigenvalue weighted by atomic mass is 10.2. The molecule has 0 radical (unpaired) electrons. The molecule has 0 bridgehead atoms. The molecule has 1 aromatic rings. The highest BCUT2D eigenvalue weighted by molar-refractivity contribution is 5.69. The van der Waals surface area contributed by atoms with Gasteiger partial charge in [0.1, 0.15) is 23.9 Å². The fraction of sp³-hybridized carbons (Fsp3) is 0.700. The molecule has 1 saturated heterocycles. The summed E-state index contributed by atoms with van der Waals surface area (Å²) in [6.45, 7) is 13.5. The molecule has 1 aliphatic carbocycles. The lowest BCUT2D eigenvalue weighted by Crippen LogP contribution is -2.50. The number of ether oxygens (including phenoxy) is 2. The van der Waals surface area contributed by atoms with E-state index in [0.717, 1.165) is 29.9 Å². The van der Waals surface area contributed by atoms with Crippen molar-refractivity contribution in [1.82, 2.24) is 14.9 Å². The largest absolute Gasteiger partial charge is 0.456 e. The Balaban J connectivity index is 0.00000136. The SMILES string of the molecule is CC.CC(=O)OC1CCc2c1ncnc2N1CCN(C(=O)OC(C)(C)C)CC1. The van der Waals surface area contributed by atoms with E-state index in [1.54, 1.807) is 4.90 Å². The summed E-state index contributed by atoms with van der Waals surface area (Å²) < 4.78 is 10.8. The van der Waals surface area contributed by atoms with Gasteiger partial charge in [-0.25, -0.2) is 14.8 Å². The van der Waals surface area contributed by atoms with Gasteiger partial charge in [0.2, 0.25) is 0 Å². The first kappa shape index (κ1) is 21.9. The summed E-state index contributed by atoms with van der Waals surface area (Å²) in [4.78, 5) is 36.2. The van der Waals surface area contributed by atoms with Crippen molar-refractivity contribution >= 4 is 17.9 Å². The Morgan fingerprint density at radius 2 is 1.75 bits per heavy atom. The van der Waals surface area contributed by atoms with Crippen molar-refractivity contribution in [2.75, 3.05) is 31.1 Å². The van der Waals surface area contributed by atoms with Gasteiger partial charge < -0.3 is 19.3 Å². The fourth-order valence-corrected chi connectivity index (χ4v) is 3.36. The first-order valence-electron chi connectivity index (χ1n) is 9.98. The maximum atomic E-state index is 12.2. The van der Waals surface area contributed by atoms with E-state index in [1.807, 2.05) is 34.6 Å². The van der Waals surface area contributed by atoms with Gasteiger partial charge in [-0.2, -0.15) is 0 Å². The number of amides is 1. The van der Waals surface area contributed by atoms with Crippen molar-refractivity contribution in [1.29, 1.82) is 0 Å². The molecule has 0 aromatic carbocycles. The summed E-state index contributed by atoms with van der Waals surface area (Å²) in [7, 11) is 0. The number of esters is 1. The van der Waals surface area contributed by atoms with Crippen LogP contribution in [0.1, 0.15) is 65.3 Å². The van der Waals surface area contributed by atoms with Gasteiger partial charge in [-0.05, 0) is 33.6 Å². The molecular formula is C20H32N4O4. The van der Waals surface area contributed by atoms with Gasteiger partial charge in [0.05, 0.1) is 5.69 Å². The number of hydrogen-bond donors (Lipinski definition) is 0. The number of rotatable bonds is 2. The monoisotopic (exact) mass is 392 g/mol. The number of carbonyl (C=O) groups is 2. The molecule has 0 spiro atoms. The second kappa shape index (κ2) is 9.21. The zero-order valence-electron chi connectivity index (χ0n) is 17.8. The molecule has 1 atom stereocenters. The van der Waals surface area contributed by atoms with Crippen LogP contribution in [-0.4, -0.2) is 58.7 Å². The van der Waals surface area contributed by atoms with Crippen LogP contribution in [0.5, 0.6) is 0 Å². The molecule has 8 heteroatoms. The molecule has 28 heavy (non-hydrogen) atoms. The lowest BCUT2D eigenvalue weighted by Gasteiger charge is -2.36. The maximum absolute atomic E-state index is 12.2. The Bertz CT molecular complexity index is 694. The average molecular weight is 393 g/mol. The predicted octanol–water partition coefficient (Wildman–Crippen LogP) is 3.11. The number of piperazine rings is 1. The Kier molecular flexibility index (Phi) is 7.21. The molecule has 1 aliphatic heterocycles. The smallest absolute Gasteiger partial charge is 0.410 e. The van der Waals surface area contributed by atoms with Crippen molar-refractivity contribution in [2.45, 2.75) is 66.1 Å². The summed E-state index contributed by atoms with van der Waals surface area (Å²) in [5, 5.41) is 0. The quantitative estimate of drug-likeness (QED) is 0.715. The van der Waals surface area contributed by atoms with Crippen molar-refractivity contribution in [2.24, 2.45) is 0 Å². The summed E-state index contributed by atoms with van der Waals surface area (Å²) in [5.41, 5.74) is 1.36. The third kappa shape index (κ3) is 5.33. The third-order valence-corrected chi connectivity index (χ3v) is 4.46. The van der Waals surface area contributed by atoms with Crippen molar-refractivity contribution in [3.05, 3.63) is 17.6 Å². The first-order valence-corrected chi connectivity index (χ1v) is 9.98. The Morgan fingerprint density at radius 1 is 1.11 bits per heavy atom.